The number of benzene rings is 1. The zero-order chi connectivity index (χ0) is 12.3. The van der Waals surface area contributed by atoms with E-state index in [1.54, 1.807) is 6.20 Å². The van der Waals surface area contributed by atoms with Crippen molar-refractivity contribution in [3.63, 3.8) is 0 Å². The molecule has 1 heterocycles. The molecule has 0 aliphatic heterocycles. The summed E-state index contributed by atoms with van der Waals surface area (Å²) in [5.74, 6) is 0.559. The molecular formula is C11H11ClN4S. The van der Waals surface area contributed by atoms with Crippen LogP contribution < -0.4 is 11.1 Å². The SMILES string of the molecule is CSc1ncc(Cl)c(Nc2ccccc2N)n1. The minimum absolute atomic E-state index is 0.464. The van der Waals surface area contributed by atoms with Crippen molar-refractivity contribution in [3.8, 4) is 0 Å². The highest BCUT2D eigenvalue weighted by Crippen LogP contribution is 2.27. The molecular weight excluding hydrogens is 256 g/mol. The number of para-hydroxylation sites is 2. The van der Waals surface area contributed by atoms with Crippen LogP contribution in [0.1, 0.15) is 0 Å². The molecule has 3 N–H and O–H groups in total. The van der Waals surface area contributed by atoms with Crippen LogP contribution in [0.3, 0.4) is 0 Å². The van der Waals surface area contributed by atoms with Crippen molar-refractivity contribution in [2.75, 3.05) is 17.3 Å². The fraction of sp³-hybridized carbons (Fsp3) is 0.0909. The lowest BCUT2D eigenvalue weighted by atomic mass is 10.3. The smallest absolute Gasteiger partial charge is 0.189 e. The molecule has 4 nitrogen and oxygen atoms in total. The normalized spacial score (nSPS) is 10.2. The second-order valence-electron chi connectivity index (χ2n) is 3.27. The third-order valence-corrected chi connectivity index (χ3v) is 2.96. The summed E-state index contributed by atoms with van der Waals surface area (Å²) in [5, 5.41) is 4.22. The number of thioether (sulfide) groups is 1. The number of aromatic nitrogens is 2. The van der Waals surface area contributed by atoms with Gasteiger partial charge in [-0.1, -0.05) is 35.5 Å². The predicted molar refractivity (Wildman–Crippen MR) is 73.0 cm³/mol. The molecule has 0 atom stereocenters. The van der Waals surface area contributed by atoms with Crippen LogP contribution in [0, 0.1) is 0 Å². The van der Waals surface area contributed by atoms with Gasteiger partial charge in [0.25, 0.3) is 0 Å². The first-order valence-electron chi connectivity index (χ1n) is 4.89. The highest BCUT2D eigenvalue weighted by Gasteiger charge is 2.06. The number of nitrogens with one attached hydrogen (secondary N) is 1. The monoisotopic (exact) mass is 266 g/mol. The van der Waals surface area contributed by atoms with Gasteiger partial charge in [0, 0.05) is 0 Å². The van der Waals surface area contributed by atoms with E-state index in [1.165, 1.54) is 11.8 Å². The van der Waals surface area contributed by atoms with Crippen LogP contribution in [-0.2, 0) is 0 Å². The van der Waals surface area contributed by atoms with Crippen LogP contribution in [0.5, 0.6) is 0 Å². The summed E-state index contributed by atoms with van der Waals surface area (Å²) in [4.78, 5) is 8.35. The van der Waals surface area contributed by atoms with Crippen molar-refractivity contribution in [1.82, 2.24) is 9.97 Å². The minimum atomic E-state index is 0.464. The Morgan fingerprint density at radius 3 is 2.82 bits per heavy atom. The van der Waals surface area contributed by atoms with Gasteiger partial charge in [-0.05, 0) is 18.4 Å². The Morgan fingerprint density at radius 2 is 2.12 bits per heavy atom. The molecule has 0 radical (unpaired) electrons. The summed E-state index contributed by atoms with van der Waals surface area (Å²) >= 11 is 7.47. The van der Waals surface area contributed by atoms with E-state index >= 15 is 0 Å². The predicted octanol–water partition coefficient (Wildman–Crippen LogP) is 3.18. The third-order valence-electron chi connectivity index (χ3n) is 2.12. The molecule has 0 aliphatic carbocycles. The first-order chi connectivity index (χ1) is 8.20. The van der Waals surface area contributed by atoms with Crippen LogP contribution >= 0.6 is 23.4 Å². The minimum Gasteiger partial charge on any atom is -0.397 e. The summed E-state index contributed by atoms with van der Waals surface area (Å²) in [6.45, 7) is 0. The quantitative estimate of drug-likeness (QED) is 0.507. The molecule has 0 bridgehead atoms. The van der Waals surface area contributed by atoms with Crippen LogP contribution in [0.25, 0.3) is 0 Å². The van der Waals surface area contributed by atoms with Gasteiger partial charge in [0.15, 0.2) is 11.0 Å². The van der Waals surface area contributed by atoms with Gasteiger partial charge >= 0.3 is 0 Å². The van der Waals surface area contributed by atoms with E-state index in [1.807, 2.05) is 30.5 Å². The summed E-state index contributed by atoms with van der Waals surface area (Å²) in [6, 6.07) is 7.44. The van der Waals surface area contributed by atoms with Crippen molar-refractivity contribution >= 4 is 40.6 Å². The van der Waals surface area contributed by atoms with E-state index in [0.29, 0.717) is 21.7 Å². The van der Waals surface area contributed by atoms with E-state index in [-0.39, 0.29) is 0 Å². The van der Waals surface area contributed by atoms with Crippen molar-refractivity contribution in [2.24, 2.45) is 0 Å². The Bertz CT molecular complexity index is 533. The van der Waals surface area contributed by atoms with Crippen LogP contribution in [0.4, 0.5) is 17.2 Å². The molecule has 0 spiro atoms. The average molecular weight is 267 g/mol. The number of nitrogens with zero attached hydrogens (tertiary/aromatic N) is 2. The lowest BCUT2D eigenvalue weighted by molar-refractivity contribution is 0.976. The number of hydrogen-bond donors (Lipinski definition) is 2. The van der Waals surface area contributed by atoms with Crippen molar-refractivity contribution in [3.05, 3.63) is 35.5 Å². The fourth-order valence-electron chi connectivity index (χ4n) is 1.28. The number of halogens is 1. The van der Waals surface area contributed by atoms with E-state index in [4.69, 9.17) is 17.3 Å². The molecule has 2 aromatic rings. The van der Waals surface area contributed by atoms with Gasteiger partial charge in [0.1, 0.15) is 5.02 Å². The van der Waals surface area contributed by atoms with E-state index in [9.17, 15) is 0 Å². The van der Waals surface area contributed by atoms with E-state index in [2.05, 4.69) is 15.3 Å². The van der Waals surface area contributed by atoms with E-state index in [0.717, 1.165) is 5.69 Å². The molecule has 0 saturated heterocycles. The molecule has 0 saturated carbocycles. The van der Waals surface area contributed by atoms with Gasteiger partial charge < -0.3 is 11.1 Å². The first kappa shape index (κ1) is 12.0. The molecule has 17 heavy (non-hydrogen) atoms. The number of nitrogen functional groups attached to an aromatic ring is 1. The number of hydrogen-bond acceptors (Lipinski definition) is 5. The number of nitrogens with two attached hydrogens (primary N) is 1. The Kier molecular flexibility index (Phi) is 3.71. The largest absolute Gasteiger partial charge is 0.397 e. The second kappa shape index (κ2) is 5.25. The maximum absolute atomic E-state index is 6.02. The van der Waals surface area contributed by atoms with Crippen LogP contribution in [0.15, 0.2) is 35.6 Å². The van der Waals surface area contributed by atoms with Gasteiger partial charge in [-0.3, -0.25) is 0 Å². The standard InChI is InChI=1S/C11H11ClN4S/c1-17-11-14-6-7(12)10(16-11)15-9-5-3-2-4-8(9)13/h2-6H,13H2,1H3,(H,14,15,16). The Balaban J connectivity index is 2.32. The number of rotatable bonds is 3. The highest BCUT2D eigenvalue weighted by molar-refractivity contribution is 7.98. The van der Waals surface area contributed by atoms with Gasteiger partial charge in [0.05, 0.1) is 17.6 Å². The molecule has 1 aromatic heterocycles. The maximum Gasteiger partial charge on any atom is 0.189 e. The first-order valence-corrected chi connectivity index (χ1v) is 6.49. The third kappa shape index (κ3) is 2.81. The zero-order valence-corrected chi connectivity index (χ0v) is 10.7. The fourth-order valence-corrected chi connectivity index (χ4v) is 1.75. The molecule has 6 heteroatoms. The highest BCUT2D eigenvalue weighted by atomic mass is 35.5. The van der Waals surface area contributed by atoms with Gasteiger partial charge in [-0.25, -0.2) is 9.97 Å². The molecule has 0 fully saturated rings. The Labute approximate surface area is 109 Å². The van der Waals surface area contributed by atoms with Gasteiger partial charge in [0.2, 0.25) is 0 Å². The summed E-state index contributed by atoms with van der Waals surface area (Å²) in [5.41, 5.74) is 7.26. The number of anilines is 3. The lowest BCUT2D eigenvalue weighted by Crippen LogP contribution is -2.00. The zero-order valence-electron chi connectivity index (χ0n) is 9.14. The second-order valence-corrected chi connectivity index (χ2v) is 4.45. The topological polar surface area (TPSA) is 63.8 Å². The lowest BCUT2D eigenvalue weighted by Gasteiger charge is -2.09. The molecule has 0 unspecified atom stereocenters. The maximum atomic E-state index is 6.02. The average Bonchev–Trinajstić information content (AvgIpc) is 2.35. The molecule has 0 amide bonds. The van der Waals surface area contributed by atoms with Gasteiger partial charge in [-0.15, -0.1) is 0 Å². The summed E-state index contributed by atoms with van der Waals surface area (Å²) < 4.78 is 0. The van der Waals surface area contributed by atoms with Crippen LogP contribution in [0.2, 0.25) is 5.02 Å². The molecule has 1 aromatic carbocycles. The Hall–Kier alpha value is -1.46. The van der Waals surface area contributed by atoms with Crippen LogP contribution in [-0.4, -0.2) is 16.2 Å². The van der Waals surface area contributed by atoms with Crippen molar-refractivity contribution in [1.29, 1.82) is 0 Å². The van der Waals surface area contributed by atoms with Crippen molar-refractivity contribution < 1.29 is 0 Å². The van der Waals surface area contributed by atoms with Gasteiger partial charge in [-0.2, -0.15) is 0 Å². The molecule has 2 rings (SSSR count). The van der Waals surface area contributed by atoms with E-state index < -0.39 is 0 Å². The Morgan fingerprint density at radius 1 is 1.35 bits per heavy atom. The van der Waals surface area contributed by atoms with Crippen molar-refractivity contribution in [2.45, 2.75) is 5.16 Å². The summed E-state index contributed by atoms with van der Waals surface area (Å²) in [6.07, 6.45) is 3.48. The summed E-state index contributed by atoms with van der Waals surface area (Å²) in [7, 11) is 0. The molecule has 0 aliphatic rings. The molecule has 88 valence electrons.